The molecule has 3 aliphatic heterocycles. The zero-order valence-corrected chi connectivity index (χ0v) is 20.0. The zero-order valence-electron chi connectivity index (χ0n) is 19.2. The van der Waals surface area contributed by atoms with Gasteiger partial charge in [0.25, 0.3) is 10.2 Å². The normalized spacial score (nSPS) is 29.2. The van der Waals surface area contributed by atoms with Crippen molar-refractivity contribution in [1.82, 2.24) is 18.4 Å². The van der Waals surface area contributed by atoms with E-state index in [9.17, 15) is 13.2 Å². The maximum atomic E-state index is 13.2. The van der Waals surface area contributed by atoms with E-state index >= 15 is 0 Å². The molecule has 178 valence electrons. The predicted molar refractivity (Wildman–Crippen MR) is 123 cm³/mol. The summed E-state index contributed by atoms with van der Waals surface area (Å²) in [5.74, 6) is 0.171. The molecule has 1 aromatic carbocycles. The highest BCUT2D eigenvalue weighted by atomic mass is 32.2. The van der Waals surface area contributed by atoms with Gasteiger partial charge in [-0.2, -0.15) is 17.0 Å². The molecule has 0 bridgehead atoms. The number of hydrogen-bond donors (Lipinski definition) is 0. The second-order valence-electron chi connectivity index (χ2n) is 9.37. The molecule has 32 heavy (non-hydrogen) atoms. The van der Waals surface area contributed by atoms with Gasteiger partial charge in [0.15, 0.2) is 0 Å². The lowest BCUT2D eigenvalue weighted by Gasteiger charge is -2.41. The average Bonchev–Trinajstić information content (AvgIpc) is 2.79. The first-order chi connectivity index (χ1) is 15.3. The first kappa shape index (κ1) is 23.6. The number of benzene rings is 1. The molecule has 0 radical (unpaired) electrons. The van der Waals surface area contributed by atoms with E-state index < -0.39 is 10.2 Å². The van der Waals surface area contributed by atoms with Crippen molar-refractivity contribution in [1.29, 1.82) is 0 Å². The van der Waals surface area contributed by atoms with Crippen molar-refractivity contribution < 1.29 is 17.9 Å². The largest absolute Gasteiger partial charge is 0.373 e. The lowest BCUT2D eigenvalue weighted by molar-refractivity contribution is -0.138. The summed E-state index contributed by atoms with van der Waals surface area (Å²) < 4.78 is 35.0. The van der Waals surface area contributed by atoms with Crippen molar-refractivity contribution in [2.45, 2.75) is 45.4 Å². The van der Waals surface area contributed by atoms with Crippen LogP contribution in [0.4, 0.5) is 0 Å². The summed E-state index contributed by atoms with van der Waals surface area (Å²) in [4.78, 5) is 17.4. The van der Waals surface area contributed by atoms with Gasteiger partial charge in [0.2, 0.25) is 5.91 Å². The Hall–Kier alpha value is -1.52. The number of likely N-dealkylation sites (tertiary alicyclic amines) is 1. The molecular formula is C23H36N4O4S. The number of hydrogen-bond acceptors (Lipinski definition) is 5. The smallest absolute Gasteiger partial charge is 0.282 e. The van der Waals surface area contributed by atoms with E-state index in [1.807, 2.05) is 36.9 Å². The zero-order chi connectivity index (χ0) is 22.7. The van der Waals surface area contributed by atoms with Crippen LogP contribution < -0.4 is 0 Å². The summed E-state index contributed by atoms with van der Waals surface area (Å²) in [5, 5.41) is 0. The predicted octanol–water partition coefficient (Wildman–Crippen LogP) is 1.40. The number of amides is 1. The summed E-state index contributed by atoms with van der Waals surface area (Å²) >= 11 is 0. The quantitative estimate of drug-likeness (QED) is 0.659. The number of morpholine rings is 1. The van der Waals surface area contributed by atoms with Gasteiger partial charge < -0.3 is 9.64 Å². The Morgan fingerprint density at radius 3 is 2.25 bits per heavy atom. The topological polar surface area (TPSA) is 73.4 Å². The molecule has 1 amide bonds. The number of piperazine rings is 1. The van der Waals surface area contributed by atoms with Crippen molar-refractivity contribution in [3.8, 4) is 0 Å². The van der Waals surface area contributed by atoms with Gasteiger partial charge in [-0.1, -0.05) is 30.3 Å². The molecule has 3 saturated heterocycles. The maximum Gasteiger partial charge on any atom is 0.282 e. The van der Waals surface area contributed by atoms with E-state index in [0.717, 1.165) is 32.5 Å². The molecule has 3 aliphatic rings. The first-order valence-corrected chi connectivity index (χ1v) is 13.2. The monoisotopic (exact) mass is 464 g/mol. The summed E-state index contributed by atoms with van der Waals surface area (Å²) in [6.45, 7) is 8.86. The van der Waals surface area contributed by atoms with Crippen LogP contribution in [-0.4, -0.2) is 97.3 Å². The van der Waals surface area contributed by atoms with Crippen LogP contribution in [0.5, 0.6) is 0 Å². The summed E-state index contributed by atoms with van der Waals surface area (Å²) in [7, 11) is -3.53. The minimum Gasteiger partial charge on any atom is -0.373 e. The van der Waals surface area contributed by atoms with Gasteiger partial charge in [-0.05, 0) is 38.8 Å². The van der Waals surface area contributed by atoms with Crippen molar-refractivity contribution >= 4 is 16.1 Å². The van der Waals surface area contributed by atoms with Crippen LogP contribution in [0.1, 0.15) is 32.3 Å². The Balaban J connectivity index is 1.30. The molecule has 0 spiro atoms. The third-order valence-corrected chi connectivity index (χ3v) is 8.66. The minimum absolute atomic E-state index is 0.00318. The molecule has 9 heteroatoms. The SMILES string of the molecule is CC1CN(S(=O)(=O)N2CCN(C(=O)C3CCCN(Cc4ccccc4)C3)CC2)CC(C)O1. The number of ether oxygens (including phenoxy) is 1. The van der Waals surface area contributed by atoms with Gasteiger partial charge >= 0.3 is 0 Å². The third-order valence-electron chi connectivity index (χ3n) is 6.69. The fraction of sp³-hybridized carbons (Fsp3) is 0.696. The van der Waals surface area contributed by atoms with Crippen LogP contribution in [0.2, 0.25) is 0 Å². The highest BCUT2D eigenvalue weighted by Crippen LogP contribution is 2.23. The Morgan fingerprint density at radius 2 is 1.59 bits per heavy atom. The third kappa shape index (κ3) is 5.51. The molecule has 0 N–H and O–H groups in total. The molecule has 3 fully saturated rings. The molecule has 8 nitrogen and oxygen atoms in total. The van der Waals surface area contributed by atoms with Gasteiger partial charge in [0.1, 0.15) is 0 Å². The molecule has 0 aromatic heterocycles. The number of piperidine rings is 1. The highest BCUT2D eigenvalue weighted by Gasteiger charge is 2.38. The number of carbonyl (C=O) groups is 1. The molecule has 4 rings (SSSR count). The van der Waals surface area contributed by atoms with Crippen molar-refractivity contribution in [3.05, 3.63) is 35.9 Å². The number of carbonyl (C=O) groups excluding carboxylic acids is 1. The fourth-order valence-corrected chi connectivity index (χ4v) is 6.87. The van der Waals surface area contributed by atoms with Crippen LogP contribution in [0.25, 0.3) is 0 Å². The van der Waals surface area contributed by atoms with Crippen LogP contribution in [0.3, 0.4) is 0 Å². The molecule has 0 saturated carbocycles. The summed E-state index contributed by atoms with van der Waals surface area (Å²) in [5.41, 5.74) is 1.27. The molecule has 3 unspecified atom stereocenters. The van der Waals surface area contributed by atoms with Crippen molar-refractivity contribution in [2.24, 2.45) is 5.92 Å². The van der Waals surface area contributed by atoms with E-state index in [2.05, 4.69) is 17.0 Å². The average molecular weight is 465 g/mol. The summed E-state index contributed by atoms with van der Waals surface area (Å²) in [6, 6.07) is 10.4. The molecule has 1 aromatic rings. The van der Waals surface area contributed by atoms with E-state index in [4.69, 9.17) is 4.74 Å². The molecular weight excluding hydrogens is 428 g/mol. The standard InChI is InChI=1S/C23H36N4O4S/c1-19-15-27(16-20(2)31-19)32(29,30)26-13-11-25(12-14-26)23(28)22-9-6-10-24(18-22)17-21-7-4-3-5-8-21/h3-5,7-8,19-20,22H,6,9-18H2,1-2H3. The van der Waals surface area contributed by atoms with Crippen LogP contribution >= 0.6 is 0 Å². The van der Waals surface area contributed by atoms with Gasteiger partial charge in [-0.3, -0.25) is 9.69 Å². The van der Waals surface area contributed by atoms with Crippen LogP contribution in [0, 0.1) is 5.92 Å². The van der Waals surface area contributed by atoms with Gasteiger partial charge in [0.05, 0.1) is 18.1 Å². The van der Waals surface area contributed by atoms with E-state index in [0.29, 0.717) is 39.3 Å². The molecule has 0 aliphatic carbocycles. The lowest BCUT2D eigenvalue weighted by atomic mass is 9.95. The van der Waals surface area contributed by atoms with Crippen molar-refractivity contribution in [3.63, 3.8) is 0 Å². The fourth-order valence-electron chi connectivity index (χ4n) is 5.12. The second kappa shape index (κ2) is 10.2. The first-order valence-electron chi connectivity index (χ1n) is 11.8. The Morgan fingerprint density at radius 1 is 0.938 bits per heavy atom. The number of rotatable bonds is 5. The highest BCUT2D eigenvalue weighted by molar-refractivity contribution is 7.86. The molecule has 3 heterocycles. The lowest BCUT2D eigenvalue weighted by Crippen LogP contribution is -2.58. The van der Waals surface area contributed by atoms with Gasteiger partial charge in [-0.25, -0.2) is 0 Å². The second-order valence-corrected chi connectivity index (χ2v) is 11.3. The van der Waals surface area contributed by atoms with Crippen LogP contribution in [0.15, 0.2) is 30.3 Å². The number of nitrogens with zero attached hydrogens (tertiary/aromatic N) is 4. The van der Waals surface area contributed by atoms with Crippen molar-refractivity contribution in [2.75, 3.05) is 52.4 Å². The van der Waals surface area contributed by atoms with E-state index in [1.54, 1.807) is 0 Å². The minimum atomic E-state index is -3.53. The Labute approximate surface area is 192 Å². The molecule has 3 atom stereocenters. The Kier molecular flexibility index (Phi) is 7.51. The van der Waals surface area contributed by atoms with E-state index in [-0.39, 0.29) is 24.0 Å². The van der Waals surface area contributed by atoms with Gasteiger partial charge in [0, 0.05) is 52.4 Å². The van der Waals surface area contributed by atoms with Crippen LogP contribution in [-0.2, 0) is 26.3 Å². The summed E-state index contributed by atoms with van der Waals surface area (Å²) in [6.07, 6.45) is 1.71. The van der Waals surface area contributed by atoms with Gasteiger partial charge in [-0.15, -0.1) is 0 Å². The Bertz CT molecular complexity index is 863. The maximum absolute atomic E-state index is 13.2. The van der Waals surface area contributed by atoms with E-state index in [1.165, 1.54) is 14.2 Å².